The molecule has 1 saturated carbocycles. The van der Waals surface area contributed by atoms with Gasteiger partial charge in [-0.25, -0.2) is 13.2 Å². The summed E-state index contributed by atoms with van der Waals surface area (Å²) in [5, 5.41) is 0. The maximum atomic E-state index is 12.9. The van der Waals surface area contributed by atoms with Crippen molar-refractivity contribution >= 4 is 16.0 Å². The normalized spacial score (nSPS) is 25.3. The third-order valence-electron chi connectivity index (χ3n) is 5.74. The van der Waals surface area contributed by atoms with Gasteiger partial charge in [0.1, 0.15) is 0 Å². The van der Waals surface area contributed by atoms with Crippen LogP contribution in [0.4, 0.5) is 0 Å². The van der Waals surface area contributed by atoms with Crippen LogP contribution in [0.25, 0.3) is 0 Å². The Labute approximate surface area is 163 Å². The quantitative estimate of drug-likeness (QED) is 0.707. The van der Waals surface area contributed by atoms with Crippen LogP contribution in [-0.4, -0.2) is 38.4 Å². The second kappa shape index (κ2) is 8.74. The van der Waals surface area contributed by atoms with E-state index < -0.39 is 10.0 Å². The monoisotopic (exact) mass is 393 g/mol. The van der Waals surface area contributed by atoms with E-state index in [1.165, 1.54) is 31.4 Å². The van der Waals surface area contributed by atoms with Crippen molar-refractivity contribution in [2.24, 2.45) is 17.8 Å². The Morgan fingerprint density at radius 1 is 1.04 bits per heavy atom. The zero-order chi connectivity index (χ0) is 19.4. The SMILES string of the molecule is C[C@@H]1C[C@H](C)CN(S(=O)(=O)c2ccc(C(=O)OCC3CCCCC3)cc2)C1. The van der Waals surface area contributed by atoms with Crippen molar-refractivity contribution in [3.63, 3.8) is 0 Å². The van der Waals surface area contributed by atoms with Gasteiger partial charge in [-0.2, -0.15) is 4.31 Å². The van der Waals surface area contributed by atoms with Gasteiger partial charge in [-0.05, 0) is 61.3 Å². The number of hydrogen-bond donors (Lipinski definition) is 0. The first-order valence-electron chi connectivity index (χ1n) is 10.1. The Morgan fingerprint density at radius 3 is 2.22 bits per heavy atom. The molecule has 0 bridgehead atoms. The van der Waals surface area contributed by atoms with Crippen LogP contribution in [0.15, 0.2) is 29.2 Å². The molecule has 0 amide bonds. The summed E-state index contributed by atoms with van der Waals surface area (Å²) < 4.78 is 32.8. The number of ether oxygens (including phenoxy) is 1. The maximum Gasteiger partial charge on any atom is 0.338 e. The molecule has 1 aromatic rings. The van der Waals surface area contributed by atoms with E-state index in [0.717, 1.165) is 19.3 Å². The number of hydrogen-bond acceptors (Lipinski definition) is 4. The minimum atomic E-state index is -3.52. The Balaban J connectivity index is 1.62. The highest BCUT2D eigenvalue weighted by Crippen LogP contribution is 2.27. The maximum absolute atomic E-state index is 12.9. The predicted octanol–water partition coefficient (Wildman–Crippen LogP) is 4.09. The van der Waals surface area contributed by atoms with Crippen molar-refractivity contribution in [3.8, 4) is 0 Å². The van der Waals surface area contributed by atoms with E-state index >= 15 is 0 Å². The van der Waals surface area contributed by atoms with E-state index in [-0.39, 0.29) is 10.9 Å². The van der Waals surface area contributed by atoms with E-state index in [1.54, 1.807) is 16.4 Å². The first-order chi connectivity index (χ1) is 12.9. The largest absolute Gasteiger partial charge is 0.462 e. The molecule has 0 radical (unpaired) electrons. The molecule has 1 aliphatic heterocycles. The van der Waals surface area contributed by atoms with Gasteiger partial charge in [0.05, 0.1) is 17.1 Å². The zero-order valence-electron chi connectivity index (χ0n) is 16.4. The third kappa shape index (κ3) is 5.11. The van der Waals surface area contributed by atoms with Crippen LogP contribution >= 0.6 is 0 Å². The number of rotatable bonds is 5. The number of nitrogens with zero attached hydrogens (tertiary/aromatic N) is 1. The predicted molar refractivity (Wildman–Crippen MR) is 105 cm³/mol. The van der Waals surface area contributed by atoms with Crippen molar-refractivity contribution in [2.75, 3.05) is 19.7 Å². The zero-order valence-corrected chi connectivity index (χ0v) is 17.2. The van der Waals surface area contributed by atoms with Crippen LogP contribution in [0, 0.1) is 17.8 Å². The highest BCUT2D eigenvalue weighted by molar-refractivity contribution is 7.89. The Morgan fingerprint density at radius 2 is 1.63 bits per heavy atom. The molecule has 1 aliphatic carbocycles. The Bertz CT molecular complexity index is 728. The van der Waals surface area contributed by atoms with Gasteiger partial charge in [-0.15, -0.1) is 0 Å². The fourth-order valence-corrected chi connectivity index (χ4v) is 6.02. The molecule has 0 spiro atoms. The van der Waals surface area contributed by atoms with E-state index in [1.807, 2.05) is 0 Å². The van der Waals surface area contributed by atoms with E-state index in [0.29, 0.717) is 43.0 Å². The summed E-state index contributed by atoms with van der Waals surface area (Å²) in [5.74, 6) is 0.810. The fraction of sp³-hybridized carbons (Fsp3) is 0.667. The summed E-state index contributed by atoms with van der Waals surface area (Å²) in [5.41, 5.74) is 0.408. The van der Waals surface area contributed by atoms with Gasteiger partial charge in [0, 0.05) is 13.1 Å². The van der Waals surface area contributed by atoms with Crippen LogP contribution in [0.1, 0.15) is 62.7 Å². The van der Waals surface area contributed by atoms with Crippen LogP contribution in [0.3, 0.4) is 0 Å². The number of carbonyl (C=O) groups is 1. The fourth-order valence-electron chi connectivity index (χ4n) is 4.34. The van der Waals surface area contributed by atoms with Crippen molar-refractivity contribution in [1.29, 1.82) is 0 Å². The van der Waals surface area contributed by atoms with Crippen molar-refractivity contribution in [1.82, 2.24) is 4.31 Å². The first kappa shape index (κ1) is 20.3. The molecule has 3 rings (SSSR count). The molecule has 5 nitrogen and oxygen atoms in total. The molecule has 0 N–H and O–H groups in total. The van der Waals surface area contributed by atoms with Crippen LogP contribution < -0.4 is 0 Å². The first-order valence-corrected chi connectivity index (χ1v) is 11.6. The van der Waals surface area contributed by atoms with E-state index in [9.17, 15) is 13.2 Å². The van der Waals surface area contributed by atoms with E-state index in [2.05, 4.69) is 13.8 Å². The van der Waals surface area contributed by atoms with Gasteiger partial charge in [0.15, 0.2) is 0 Å². The highest BCUT2D eigenvalue weighted by atomic mass is 32.2. The van der Waals surface area contributed by atoms with Crippen molar-refractivity contribution in [3.05, 3.63) is 29.8 Å². The molecule has 1 heterocycles. The standard InChI is InChI=1S/C21H31NO4S/c1-16-12-17(2)14-22(13-16)27(24,25)20-10-8-19(9-11-20)21(23)26-15-18-6-4-3-5-7-18/h8-11,16-18H,3-7,12-15H2,1-2H3/t16-,17+. The lowest BCUT2D eigenvalue weighted by atomic mass is 9.90. The molecule has 1 saturated heterocycles. The van der Waals surface area contributed by atoms with Crippen LogP contribution in [-0.2, 0) is 14.8 Å². The lowest BCUT2D eigenvalue weighted by Gasteiger charge is -2.34. The Kier molecular flexibility index (Phi) is 6.58. The molecule has 27 heavy (non-hydrogen) atoms. The molecular formula is C21H31NO4S. The molecule has 0 aromatic heterocycles. The van der Waals surface area contributed by atoms with Crippen molar-refractivity contribution in [2.45, 2.75) is 57.3 Å². The smallest absolute Gasteiger partial charge is 0.338 e. The van der Waals surface area contributed by atoms with Gasteiger partial charge in [0.2, 0.25) is 10.0 Å². The molecule has 2 fully saturated rings. The van der Waals surface area contributed by atoms with Gasteiger partial charge < -0.3 is 4.74 Å². The number of piperidine rings is 1. The minimum absolute atomic E-state index is 0.243. The van der Waals surface area contributed by atoms with Gasteiger partial charge in [-0.1, -0.05) is 33.1 Å². The summed E-state index contributed by atoms with van der Waals surface area (Å²) in [6, 6.07) is 6.17. The third-order valence-corrected chi connectivity index (χ3v) is 7.58. The summed E-state index contributed by atoms with van der Waals surface area (Å²) >= 11 is 0. The topological polar surface area (TPSA) is 63.7 Å². The molecule has 150 valence electrons. The minimum Gasteiger partial charge on any atom is -0.462 e. The van der Waals surface area contributed by atoms with E-state index in [4.69, 9.17) is 4.74 Å². The average molecular weight is 394 g/mol. The molecule has 2 atom stereocenters. The summed E-state index contributed by atoms with van der Waals surface area (Å²) in [4.78, 5) is 12.5. The van der Waals surface area contributed by atoms with Crippen LogP contribution in [0.2, 0.25) is 0 Å². The number of sulfonamides is 1. The second-order valence-corrected chi connectivity index (χ2v) is 10.3. The summed E-state index contributed by atoms with van der Waals surface area (Å²) in [6.45, 7) is 5.74. The van der Waals surface area contributed by atoms with Crippen LogP contribution in [0.5, 0.6) is 0 Å². The highest BCUT2D eigenvalue weighted by Gasteiger charge is 2.31. The average Bonchev–Trinajstić information content (AvgIpc) is 2.66. The van der Waals surface area contributed by atoms with Gasteiger partial charge in [0.25, 0.3) is 0 Å². The molecular weight excluding hydrogens is 362 g/mol. The Hall–Kier alpha value is -1.40. The second-order valence-electron chi connectivity index (χ2n) is 8.39. The summed E-state index contributed by atoms with van der Waals surface area (Å²) in [6.07, 6.45) is 6.99. The number of esters is 1. The van der Waals surface area contributed by atoms with Gasteiger partial charge in [-0.3, -0.25) is 0 Å². The molecule has 1 aromatic carbocycles. The molecule has 6 heteroatoms. The molecule has 0 unspecified atom stereocenters. The number of benzene rings is 1. The summed E-state index contributed by atoms with van der Waals surface area (Å²) in [7, 11) is -3.52. The lowest BCUT2D eigenvalue weighted by Crippen LogP contribution is -2.42. The van der Waals surface area contributed by atoms with Gasteiger partial charge >= 0.3 is 5.97 Å². The molecule has 2 aliphatic rings. The number of carbonyl (C=O) groups excluding carboxylic acids is 1. The van der Waals surface area contributed by atoms with Crippen molar-refractivity contribution < 1.29 is 17.9 Å². The lowest BCUT2D eigenvalue weighted by molar-refractivity contribution is 0.0410.